The van der Waals surface area contributed by atoms with Crippen molar-refractivity contribution in [3.63, 3.8) is 0 Å². The number of ether oxygens (including phenoxy) is 1. The molecule has 1 rings (SSSR count). The molecule has 0 unspecified atom stereocenters. The van der Waals surface area contributed by atoms with E-state index in [-0.39, 0.29) is 18.2 Å². The predicted octanol–water partition coefficient (Wildman–Crippen LogP) is -1.02. The van der Waals surface area contributed by atoms with Crippen LogP contribution in [0.5, 0.6) is 0 Å². The summed E-state index contributed by atoms with van der Waals surface area (Å²) in [6.45, 7) is 1.88. The summed E-state index contributed by atoms with van der Waals surface area (Å²) in [4.78, 5) is 22.3. The van der Waals surface area contributed by atoms with Crippen LogP contribution in [0.25, 0.3) is 0 Å². The lowest BCUT2D eigenvalue weighted by molar-refractivity contribution is -0.143. The molecular weight excluding hydrogens is 246 g/mol. The number of thioether (sulfide) groups is 1. The first-order valence-corrected chi connectivity index (χ1v) is 5.89. The summed E-state index contributed by atoms with van der Waals surface area (Å²) < 4.78 is 6.13. The molecule has 0 aromatic carbocycles. The number of aromatic nitrogens is 4. The Bertz CT molecular complexity index is 394. The zero-order valence-corrected chi connectivity index (χ0v) is 10.4. The summed E-state index contributed by atoms with van der Waals surface area (Å²) >= 11 is 1.19. The van der Waals surface area contributed by atoms with Crippen molar-refractivity contribution in [2.24, 2.45) is 7.05 Å². The normalized spacial score (nSPS) is 10.0. The molecule has 0 saturated heterocycles. The summed E-state index contributed by atoms with van der Waals surface area (Å²) in [6.07, 6.45) is 0. The number of carbonyl (C=O) groups is 2. The van der Waals surface area contributed by atoms with Crippen molar-refractivity contribution in [3.8, 4) is 0 Å². The van der Waals surface area contributed by atoms with Crippen LogP contribution in [0.15, 0.2) is 5.16 Å². The van der Waals surface area contributed by atoms with Crippen LogP contribution in [0, 0.1) is 0 Å². The van der Waals surface area contributed by atoms with Gasteiger partial charge in [-0.3, -0.25) is 9.59 Å². The second-order valence-electron chi connectivity index (χ2n) is 2.96. The number of tetrazole rings is 1. The van der Waals surface area contributed by atoms with Gasteiger partial charge in [0.2, 0.25) is 11.1 Å². The molecule has 0 atom stereocenters. The lowest BCUT2D eigenvalue weighted by Crippen LogP contribution is -2.31. The number of hydrogen-bond acceptors (Lipinski definition) is 7. The number of nitrogens with one attached hydrogen (secondary N) is 1. The standard InChI is InChI=1S/C8H13N5O3S/c1-3-16-7(15)4-9-6(14)5-17-8-10-11-12-13(8)2/h3-5H2,1-2H3,(H,9,14). The Labute approximate surface area is 102 Å². The second-order valence-corrected chi connectivity index (χ2v) is 3.90. The maximum absolute atomic E-state index is 11.3. The van der Waals surface area contributed by atoms with Crippen molar-refractivity contribution in [1.82, 2.24) is 25.5 Å². The van der Waals surface area contributed by atoms with Crippen molar-refractivity contribution >= 4 is 23.6 Å². The van der Waals surface area contributed by atoms with E-state index in [0.29, 0.717) is 11.8 Å². The molecule has 0 bridgehead atoms. The number of esters is 1. The van der Waals surface area contributed by atoms with Gasteiger partial charge < -0.3 is 10.1 Å². The van der Waals surface area contributed by atoms with Crippen LogP contribution < -0.4 is 5.32 Å². The third-order valence-corrected chi connectivity index (χ3v) is 2.66. The lowest BCUT2D eigenvalue weighted by Gasteiger charge is -2.04. The van der Waals surface area contributed by atoms with Gasteiger partial charge in [0.05, 0.1) is 12.4 Å². The molecule has 1 amide bonds. The number of hydrogen-bond donors (Lipinski definition) is 1. The molecule has 0 spiro atoms. The van der Waals surface area contributed by atoms with E-state index < -0.39 is 5.97 Å². The maximum atomic E-state index is 11.3. The van der Waals surface area contributed by atoms with Crippen molar-refractivity contribution < 1.29 is 14.3 Å². The minimum Gasteiger partial charge on any atom is -0.465 e. The molecule has 1 aromatic rings. The Kier molecular flexibility index (Phi) is 5.40. The molecule has 1 heterocycles. The summed E-state index contributed by atoms with van der Waals surface area (Å²) in [7, 11) is 1.68. The highest BCUT2D eigenvalue weighted by Gasteiger charge is 2.09. The molecular formula is C8H13N5O3S. The molecule has 0 fully saturated rings. The Balaban J connectivity index is 2.22. The fourth-order valence-corrected chi connectivity index (χ4v) is 1.59. The average molecular weight is 259 g/mol. The zero-order chi connectivity index (χ0) is 12.7. The Morgan fingerprint density at radius 2 is 2.29 bits per heavy atom. The second kappa shape index (κ2) is 6.84. The minimum absolute atomic E-state index is 0.121. The van der Waals surface area contributed by atoms with Gasteiger partial charge in [-0.25, -0.2) is 4.68 Å². The number of nitrogens with zero attached hydrogens (tertiary/aromatic N) is 4. The van der Waals surface area contributed by atoms with E-state index in [1.807, 2.05) is 0 Å². The van der Waals surface area contributed by atoms with Crippen LogP contribution in [0.1, 0.15) is 6.92 Å². The van der Waals surface area contributed by atoms with Gasteiger partial charge in [-0.05, 0) is 17.4 Å². The van der Waals surface area contributed by atoms with E-state index in [9.17, 15) is 9.59 Å². The van der Waals surface area contributed by atoms with Gasteiger partial charge in [0.15, 0.2) is 0 Å². The van der Waals surface area contributed by atoms with Gasteiger partial charge in [0, 0.05) is 7.05 Å². The van der Waals surface area contributed by atoms with E-state index in [1.165, 1.54) is 16.4 Å². The molecule has 0 aliphatic rings. The topological polar surface area (TPSA) is 99.0 Å². The fraction of sp³-hybridized carbons (Fsp3) is 0.625. The third kappa shape index (κ3) is 4.81. The van der Waals surface area contributed by atoms with Crippen LogP contribution in [0.3, 0.4) is 0 Å². The smallest absolute Gasteiger partial charge is 0.325 e. The summed E-state index contributed by atoms with van der Waals surface area (Å²) in [6, 6.07) is 0. The SMILES string of the molecule is CCOC(=O)CNC(=O)CSc1nnnn1C. The van der Waals surface area contributed by atoms with Crippen molar-refractivity contribution in [2.75, 3.05) is 18.9 Å². The van der Waals surface area contributed by atoms with Crippen molar-refractivity contribution in [1.29, 1.82) is 0 Å². The monoisotopic (exact) mass is 259 g/mol. The average Bonchev–Trinajstić information content (AvgIpc) is 2.70. The Morgan fingerprint density at radius 1 is 1.53 bits per heavy atom. The molecule has 1 aromatic heterocycles. The molecule has 8 nitrogen and oxygen atoms in total. The third-order valence-electron chi connectivity index (χ3n) is 1.65. The van der Waals surface area contributed by atoms with E-state index in [1.54, 1.807) is 14.0 Å². The van der Waals surface area contributed by atoms with Gasteiger partial charge in [-0.15, -0.1) is 5.10 Å². The van der Waals surface area contributed by atoms with E-state index >= 15 is 0 Å². The van der Waals surface area contributed by atoms with Crippen LogP contribution in [-0.2, 0) is 21.4 Å². The zero-order valence-electron chi connectivity index (χ0n) is 9.54. The van der Waals surface area contributed by atoms with Gasteiger partial charge >= 0.3 is 5.97 Å². The molecule has 0 saturated carbocycles. The molecule has 9 heteroatoms. The number of aryl methyl sites for hydroxylation is 1. The van der Waals surface area contributed by atoms with Gasteiger partial charge in [0.1, 0.15) is 6.54 Å². The Hall–Kier alpha value is -1.64. The minimum atomic E-state index is -0.453. The van der Waals surface area contributed by atoms with Gasteiger partial charge in [0.25, 0.3) is 0 Å². The van der Waals surface area contributed by atoms with Crippen LogP contribution in [-0.4, -0.2) is 51.0 Å². The van der Waals surface area contributed by atoms with Crippen LogP contribution in [0.2, 0.25) is 0 Å². The quantitative estimate of drug-likeness (QED) is 0.515. The maximum Gasteiger partial charge on any atom is 0.325 e. The number of rotatable bonds is 6. The van der Waals surface area contributed by atoms with Crippen molar-refractivity contribution in [2.45, 2.75) is 12.1 Å². The first-order chi connectivity index (χ1) is 8.13. The summed E-state index contributed by atoms with van der Waals surface area (Å²) in [5, 5.41) is 13.7. The highest BCUT2D eigenvalue weighted by molar-refractivity contribution is 7.99. The van der Waals surface area contributed by atoms with Gasteiger partial charge in [-0.1, -0.05) is 11.8 Å². The summed E-state index contributed by atoms with van der Waals surface area (Å²) in [5.74, 6) is -0.578. The highest BCUT2D eigenvalue weighted by atomic mass is 32.2. The van der Waals surface area contributed by atoms with E-state index in [0.717, 1.165) is 0 Å². The first kappa shape index (κ1) is 13.4. The largest absolute Gasteiger partial charge is 0.465 e. The Morgan fingerprint density at radius 3 is 2.88 bits per heavy atom. The fourth-order valence-electron chi connectivity index (χ4n) is 0.907. The number of carbonyl (C=O) groups excluding carboxylic acids is 2. The van der Waals surface area contributed by atoms with Crippen LogP contribution in [0.4, 0.5) is 0 Å². The molecule has 0 aliphatic heterocycles. The van der Waals surface area contributed by atoms with E-state index in [4.69, 9.17) is 0 Å². The highest BCUT2D eigenvalue weighted by Crippen LogP contribution is 2.10. The van der Waals surface area contributed by atoms with Crippen LogP contribution >= 0.6 is 11.8 Å². The molecule has 94 valence electrons. The molecule has 0 aliphatic carbocycles. The first-order valence-electron chi connectivity index (χ1n) is 4.91. The molecule has 17 heavy (non-hydrogen) atoms. The van der Waals surface area contributed by atoms with E-state index in [2.05, 4.69) is 25.6 Å². The lowest BCUT2D eigenvalue weighted by atomic mass is 10.6. The van der Waals surface area contributed by atoms with Crippen molar-refractivity contribution in [3.05, 3.63) is 0 Å². The summed E-state index contributed by atoms with van der Waals surface area (Å²) in [5.41, 5.74) is 0. The molecule has 1 N–H and O–H groups in total. The molecule has 0 radical (unpaired) electrons. The van der Waals surface area contributed by atoms with Gasteiger partial charge in [-0.2, -0.15) is 0 Å². The number of amides is 1. The predicted molar refractivity (Wildman–Crippen MR) is 59.2 cm³/mol.